The standard InChI is InChI=1S/C12H22GeI2/c14-9-13(10-15,11-5-1-2-6-11)12-7-3-4-8-12/h11-12H,1-10H2. The van der Waals surface area contributed by atoms with Gasteiger partial charge in [-0.25, -0.2) is 0 Å². The Hall–Kier alpha value is 2.00. The van der Waals surface area contributed by atoms with Crippen LogP contribution in [0, 0.1) is 0 Å². The maximum absolute atomic E-state index is 2.76. The van der Waals surface area contributed by atoms with E-state index in [1.54, 1.807) is 57.9 Å². The molecular weight excluding hydrogens is 471 g/mol. The Morgan fingerprint density at radius 1 is 0.733 bits per heavy atom. The van der Waals surface area contributed by atoms with Crippen LogP contribution in [0.2, 0.25) is 9.50 Å². The monoisotopic (exact) mass is 494 g/mol. The van der Waals surface area contributed by atoms with Gasteiger partial charge in [0.15, 0.2) is 0 Å². The molecule has 2 aliphatic carbocycles. The van der Waals surface area contributed by atoms with E-state index >= 15 is 0 Å². The average Bonchev–Trinajstić information content (AvgIpc) is 2.92. The topological polar surface area (TPSA) is 0 Å². The van der Waals surface area contributed by atoms with E-state index in [9.17, 15) is 0 Å². The van der Waals surface area contributed by atoms with Gasteiger partial charge in [-0.05, 0) is 0 Å². The summed E-state index contributed by atoms with van der Waals surface area (Å²) < 4.78 is 5.69. The predicted molar refractivity (Wildman–Crippen MR) is 88.0 cm³/mol. The van der Waals surface area contributed by atoms with Crippen molar-refractivity contribution in [3.8, 4) is 0 Å². The number of hydrogen-bond donors (Lipinski definition) is 0. The van der Waals surface area contributed by atoms with Crippen LogP contribution in [0.5, 0.6) is 0 Å². The van der Waals surface area contributed by atoms with E-state index in [4.69, 9.17) is 0 Å². The van der Waals surface area contributed by atoms with Crippen LogP contribution in [0.4, 0.5) is 0 Å². The first-order chi connectivity index (χ1) is 7.33. The van der Waals surface area contributed by atoms with Crippen molar-refractivity contribution in [3.63, 3.8) is 0 Å². The number of rotatable bonds is 4. The van der Waals surface area contributed by atoms with Crippen molar-refractivity contribution in [1.29, 1.82) is 0 Å². The molecule has 2 saturated carbocycles. The fraction of sp³-hybridized carbons (Fsp3) is 1.00. The van der Waals surface area contributed by atoms with Gasteiger partial charge in [0.25, 0.3) is 0 Å². The summed E-state index contributed by atoms with van der Waals surface area (Å²) in [5.74, 6) is 0. The minimum atomic E-state index is -1.47. The van der Waals surface area contributed by atoms with Gasteiger partial charge in [0, 0.05) is 0 Å². The molecule has 0 amide bonds. The van der Waals surface area contributed by atoms with Crippen LogP contribution in [0.25, 0.3) is 0 Å². The van der Waals surface area contributed by atoms with Crippen molar-refractivity contribution >= 4 is 58.4 Å². The zero-order chi connectivity index (χ0) is 10.7. The molecule has 0 spiro atoms. The molecule has 0 bridgehead atoms. The molecule has 0 nitrogen and oxygen atoms in total. The van der Waals surface area contributed by atoms with Crippen molar-refractivity contribution in [2.24, 2.45) is 0 Å². The van der Waals surface area contributed by atoms with Crippen LogP contribution in [-0.2, 0) is 0 Å². The SMILES string of the molecule is I[CH2][Ge]([CH2]I)([CH]1CCCC1)[CH]1CCCC1. The quantitative estimate of drug-likeness (QED) is 0.285. The van der Waals surface area contributed by atoms with Gasteiger partial charge in [0.1, 0.15) is 0 Å². The predicted octanol–water partition coefficient (Wildman–Crippen LogP) is 5.27. The van der Waals surface area contributed by atoms with Crippen LogP contribution < -0.4 is 0 Å². The van der Waals surface area contributed by atoms with Gasteiger partial charge in [0.05, 0.1) is 0 Å². The molecule has 88 valence electrons. The molecule has 0 aromatic rings. The summed E-state index contributed by atoms with van der Waals surface area (Å²) in [5, 5.41) is 0. The first-order valence-corrected chi connectivity index (χ1v) is 14.9. The zero-order valence-corrected chi connectivity index (χ0v) is 15.9. The van der Waals surface area contributed by atoms with Gasteiger partial charge in [-0.3, -0.25) is 0 Å². The van der Waals surface area contributed by atoms with Crippen LogP contribution in [-0.4, -0.2) is 19.8 Å². The Balaban J connectivity index is 2.13. The van der Waals surface area contributed by atoms with Crippen LogP contribution >= 0.6 is 45.2 Å². The van der Waals surface area contributed by atoms with E-state index in [1.807, 2.05) is 0 Å². The molecule has 3 heteroatoms. The van der Waals surface area contributed by atoms with Crippen molar-refractivity contribution in [1.82, 2.24) is 0 Å². The van der Waals surface area contributed by atoms with E-state index in [-0.39, 0.29) is 0 Å². The minimum absolute atomic E-state index is 1.25. The van der Waals surface area contributed by atoms with Crippen LogP contribution in [0.1, 0.15) is 51.4 Å². The molecule has 0 radical (unpaired) electrons. The number of alkyl halides is 2. The van der Waals surface area contributed by atoms with Crippen LogP contribution in [0.15, 0.2) is 0 Å². The third kappa shape index (κ3) is 2.71. The summed E-state index contributed by atoms with van der Waals surface area (Å²) in [6, 6.07) is 0. The Morgan fingerprint density at radius 3 is 1.33 bits per heavy atom. The molecule has 0 saturated heterocycles. The molecule has 2 rings (SSSR count). The van der Waals surface area contributed by atoms with E-state index in [0.29, 0.717) is 0 Å². The molecule has 0 atom stereocenters. The summed E-state index contributed by atoms with van der Waals surface area (Å²) in [6.07, 6.45) is 12.7. The fourth-order valence-corrected chi connectivity index (χ4v) is 34.8. The van der Waals surface area contributed by atoms with Gasteiger partial charge in [0.2, 0.25) is 0 Å². The Kier molecular flexibility index (Phi) is 5.60. The van der Waals surface area contributed by atoms with Gasteiger partial charge < -0.3 is 0 Å². The second-order valence-electron chi connectivity index (χ2n) is 5.46. The Morgan fingerprint density at radius 2 is 1.07 bits per heavy atom. The second-order valence-corrected chi connectivity index (χ2v) is 23.1. The normalized spacial score (nSPS) is 25.2. The summed E-state index contributed by atoms with van der Waals surface area (Å²) >= 11 is 4.05. The molecule has 0 aliphatic heterocycles. The molecule has 2 aliphatic rings. The molecule has 0 heterocycles. The van der Waals surface area contributed by atoms with Gasteiger partial charge in [-0.15, -0.1) is 0 Å². The van der Waals surface area contributed by atoms with Crippen molar-refractivity contribution in [2.45, 2.75) is 60.9 Å². The summed E-state index contributed by atoms with van der Waals surface area (Å²) in [6.45, 7) is 0. The molecule has 0 N–H and O–H groups in total. The molecule has 0 aromatic carbocycles. The Bertz CT molecular complexity index is 174. The third-order valence-electron chi connectivity index (χ3n) is 4.83. The Labute approximate surface area is 124 Å². The number of halogens is 2. The molecule has 15 heavy (non-hydrogen) atoms. The number of hydrogen-bond acceptors (Lipinski definition) is 0. The summed E-state index contributed by atoms with van der Waals surface area (Å²) in [5.41, 5.74) is 0. The van der Waals surface area contributed by atoms with Crippen LogP contribution in [0.3, 0.4) is 0 Å². The van der Waals surface area contributed by atoms with Gasteiger partial charge in [-0.1, -0.05) is 0 Å². The second kappa shape index (κ2) is 6.25. The van der Waals surface area contributed by atoms with Crippen molar-refractivity contribution in [3.05, 3.63) is 0 Å². The van der Waals surface area contributed by atoms with E-state index in [0.717, 1.165) is 0 Å². The molecular formula is C12H22GeI2. The molecule has 0 unspecified atom stereocenters. The van der Waals surface area contributed by atoms with Gasteiger partial charge in [-0.2, -0.15) is 0 Å². The average molecular weight is 493 g/mol. The third-order valence-corrected chi connectivity index (χ3v) is 30.9. The summed E-state index contributed by atoms with van der Waals surface area (Å²) in [4.78, 5) is 0. The zero-order valence-electron chi connectivity index (χ0n) is 9.48. The first-order valence-electron chi connectivity index (χ1n) is 6.45. The first kappa shape index (κ1) is 13.4. The van der Waals surface area contributed by atoms with E-state index < -0.39 is 13.3 Å². The van der Waals surface area contributed by atoms with Gasteiger partial charge >= 0.3 is 126 Å². The molecule has 0 aromatic heterocycles. The maximum atomic E-state index is 2.76. The van der Waals surface area contributed by atoms with Crippen molar-refractivity contribution < 1.29 is 0 Å². The van der Waals surface area contributed by atoms with E-state index in [2.05, 4.69) is 45.2 Å². The summed E-state index contributed by atoms with van der Waals surface area (Å²) in [7, 11) is 0. The van der Waals surface area contributed by atoms with E-state index in [1.165, 1.54) is 9.50 Å². The molecule has 2 fully saturated rings. The fourth-order valence-electron chi connectivity index (χ4n) is 3.81. The van der Waals surface area contributed by atoms with Crippen molar-refractivity contribution in [2.75, 3.05) is 6.52 Å².